The molecule has 0 atom stereocenters. The van der Waals surface area contributed by atoms with Gasteiger partial charge in [0, 0.05) is 18.0 Å². The van der Waals surface area contributed by atoms with Crippen LogP contribution in [0.2, 0.25) is 0 Å². The first kappa shape index (κ1) is 18.8. The first-order valence-corrected chi connectivity index (χ1v) is 6.79. The predicted octanol–water partition coefficient (Wildman–Crippen LogP) is 4.22. The molecule has 0 unspecified atom stereocenters. The molecule has 2 aromatic rings. The van der Waals surface area contributed by atoms with Crippen LogP contribution in [0.4, 0.5) is 26.3 Å². The largest absolute Gasteiger partial charge is 0.416 e. The summed E-state index contributed by atoms with van der Waals surface area (Å²) in [5, 5.41) is 8.98. The van der Waals surface area contributed by atoms with E-state index in [1.807, 2.05) is 0 Å². The number of rotatable bonds is 4. The van der Waals surface area contributed by atoms with Crippen LogP contribution in [0.1, 0.15) is 11.1 Å². The van der Waals surface area contributed by atoms with Gasteiger partial charge in [-0.25, -0.2) is 0 Å². The zero-order valence-electron chi connectivity index (χ0n) is 12.4. The average Bonchev–Trinajstić information content (AvgIpc) is 2.98. The summed E-state index contributed by atoms with van der Waals surface area (Å²) in [6, 6.07) is 3.91. The molecule has 0 saturated carbocycles. The van der Waals surface area contributed by atoms with Gasteiger partial charge in [-0.1, -0.05) is 0 Å². The van der Waals surface area contributed by atoms with Crippen molar-refractivity contribution < 1.29 is 36.2 Å². The number of aliphatic hydroxyl groups excluding tert-OH is 1. The van der Waals surface area contributed by atoms with Crippen molar-refractivity contribution in [1.29, 1.82) is 0 Å². The summed E-state index contributed by atoms with van der Waals surface area (Å²) < 4.78 is 78.8. The molecule has 1 heterocycles. The van der Waals surface area contributed by atoms with Crippen molar-refractivity contribution >= 4 is 12.5 Å². The van der Waals surface area contributed by atoms with Gasteiger partial charge in [0.2, 0.25) is 0 Å². The lowest BCUT2D eigenvalue weighted by molar-refractivity contribution is -0.143. The van der Waals surface area contributed by atoms with E-state index in [-0.39, 0.29) is 22.9 Å². The summed E-state index contributed by atoms with van der Waals surface area (Å²) in [6.45, 7) is -0.627. The van der Waals surface area contributed by atoms with Gasteiger partial charge in [-0.3, -0.25) is 4.79 Å². The van der Waals surface area contributed by atoms with Gasteiger partial charge < -0.3 is 9.67 Å². The normalized spacial score (nSPS) is 13.2. The standard InChI is InChI=1S/C16H11F6NO2/c17-15(18,19)12-4-11(5-13(6-12)16(20,21)22)14-2-1-3-23(14)7-10(8-24)9-25/h1-8,25H,9H2/b10-7-. The van der Waals surface area contributed by atoms with Gasteiger partial charge in [0.25, 0.3) is 0 Å². The maximum absolute atomic E-state index is 12.9. The van der Waals surface area contributed by atoms with Crippen molar-refractivity contribution in [1.82, 2.24) is 4.57 Å². The lowest BCUT2D eigenvalue weighted by atomic mass is 10.0. The SMILES string of the molecule is O=C/C(=C/n1cccc1-c1cc(C(F)(F)F)cc(C(F)(F)F)c1)CO. The van der Waals surface area contributed by atoms with Crippen LogP contribution in [0.5, 0.6) is 0 Å². The lowest BCUT2D eigenvalue weighted by Gasteiger charge is -2.15. The zero-order chi connectivity index (χ0) is 18.8. The van der Waals surface area contributed by atoms with Gasteiger partial charge in [-0.05, 0) is 35.9 Å². The number of alkyl halides is 6. The highest BCUT2D eigenvalue weighted by atomic mass is 19.4. The molecule has 1 aromatic heterocycles. The van der Waals surface area contributed by atoms with Crippen LogP contribution in [0.3, 0.4) is 0 Å². The summed E-state index contributed by atoms with van der Waals surface area (Å²) in [6.07, 6.45) is -7.13. The van der Waals surface area contributed by atoms with E-state index in [4.69, 9.17) is 5.11 Å². The number of nitrogens with zero attached hydrogens (tertiary/aromatic N) is 1. The van der Waals surface area contributed by atoms with Crippen molar-refractivity contribution in [2.45, 2.75) is 12.4 Å². The van der Waals surface area contributed by atoms with Crippen molar-refractivity contribution in [2.24, 2.45) is 0 Å². The van der Waals surface area contributed by atoms with E-state index >= 15 is 0 Å². The second-order valence-electron chi connectivity index (χ2n) is 5.08. The van der Waals surface area contributed by atoms with E-state index in [9.17, 15) is 31.1 Å². The fraction of sp³-hybridized carbons (Fsp3) is 0.188. The number of halogens is 6. The second kappa shape index (κ2) is 6.75. The van der Waals surface area contributed by atoms with E-state index < -0.39 is 30.1 Å². The van der Waals surface area contributed by atoms with Crippen LogP contribution in [0, 0.1) is 0 Å². The molecule has 0 aliphatic rings. The molecular formula is C16H11F6NO2. The Morgan fingerprint density at radius 1 is 1.04 bits per heavy atom. The molecule has 2 rings (SSSR count). The van der Waals surface area contributed by atoms with Gasteiger partial charge in [0.05, 0.1) is 23.4 Å². The minimum absolute atomic E-state index is 0.00407. The third kappa shape index (κ3) is 4.30. The first-order chi connectivity index (χ1) is 11.6. The third-order valence-corrected chi connectivity index (χ3v) is 3.30. The Labute approximate surface area is 137 Å². The van der Waals surface area contributed by atoms with Crippen LogP contribution in [0.25, 0.3) is 17.5 Å². The summed E-state index contributed by atoms with van der Waals surface area (Å²) in [7, 11) is 0. The minimum Gasteiger partial charge on any atom is -0.391 e. The van der Waals surface area contributed by atoms with Crippen LogP contribution in [-0.4, -0.2) is 22.6 Å². The number of carbonyl (C=O) groups is 1. The highest BCUT2D eigenvalue weighted by Crippen LogP contribution is 2.38. The van der Waals surface area contributed by atoms with E-state index in [1.54, 1.807) is 0 Å². The summed E-state index contributed by atoms with van der Waals surface area (Å²) in [4.78, 5) is 10.7. The minimum atomic E-state index is -4.96. The predicted molar refractivity (Wildman–Crippen MR) is 77.3 cm³/mol. The number of benzene rings is 1. The van der Waals surface area contributed by atoms with E-state index in [2.05, 4.69) is 0 Å². The van der Waals surface area contributed by atoms with Gasteiger partial charge in [0.15, 0.2) is 0 Å². The second-order valence-corrected chi connectivity index (χ2v) is 5.08. The van der Waals surface area contributed by atoms with Crippen molar-refractivity contribution in [3.63, 3.8) is 0 Å². The maximum Gasteiger partial charge on any atom is 0.416 e. The fourth-order valence-electron chi connectivity index (χ4n) is 2.14. The number of aldehydes is 1. The van der Waals surface area contributed by atoms with Crippen molar-refractivity contribution in [3.05, 3.63) is 53.2 Å². The highest BCUT2D eigenvalue weighted by molar-refractivity contribution is 5.79. The number of hydrogen-bond donors (Lipinski definition) is 1. The van der Waals surface area contributed by atoms with Crippen molar-refractivity contribution in [3.8, 4) is 11.3 Å². The Kier molecular flexibility index (Phi) is 5.07. The molecule has 0 aliphatic heterocycles. The molecule has 1 aromatic carbocycles. The molecule has 0 amide bonds. The Hall–Kier alpha value is -2.55. The molecule has 0 bridgehead atoms. The Morgan fingerprint density at radius 2 is 1.60 bits per heavy atom. The smallest absolute Gasteiger partial charge is 0.391 e. The number of aromatic nitrogens is 1. The molecular weight excluding hydrogens is 352 g/mol. The van der Waals surface area contributed by atoms with E-state index in [0.717, 1.165) is 10.8 Å². The molecule has 9 heteroatoms. The number of hydrogen-bond acceptors (Lipinski definition) is 2. The van der Waals surface area contributed by atoms with Crippen LogP contribution >= 0.6 is 0 Å². The molecule has 134 valence electrons. The molecule has 0 spiro atoms. The number of carbonyl (C=O) groups excluding carboxylic acids is 1. The molecule has 3 nitrogen and oxygen atoms in total. The van der Waals surface area contributed by atoms with Gasteiger partial charge in [-0.15, -0.1) is 0 Å². The molecule has 0 fully saturated rings. The summed E-state index contributed by atoms with van der Waals surface area (Å²) in [5.74, 6) is 0. The number of aliphatic hydroxyl groups is 1. The average molecular weight is 363 g/mol. The summed E-state index contributed by atoms with van der Waals surface area (Å²) >= 11 is 0. The van der Waals surface area contributed by atoms with Gasteiger partial charge >= 0.3 is 12.4 Å². The monoisotopic (exact) mass is 363 g/mol. The Bertz CT molecular complexity index is 769. The Balaban J connectivity index is 2.66. The van der Waals surface area contributed by atoms with Crippen LogP contribution in [-0.2, 0) is 17.1 Å². The van der Waals surface area contributed by atoms with Gasteiger partial charge in [0.1, 0.15) is 6.29 Å². The molecule has 0 radical (unpaired) electrons. The summed E-state index contributed by atoms with van der Waals surface area (Å²) in [5.41, 5.74) is -3.30. The van der Waals surface area contributed by atoms with Crippen LogP contribution < -0.4 is 0 Å². The molecule has 25 heavy (non-hydrogen) atoms. The molecule has 1 N–H and O–H groups in total. The van der Waals surface area contributed by atoms with E-state index in [0.29, 0.717) is 18.4 Å². The van der Waals surface area contributed by atoms with E-state index in [1.165, 1.54) is 18.3 Å². The third-order valence-electron chi connectivity index (χ3n) is 3.30. The first-order valence-electron chi connectivity index (χ1n) is 6.79. The molecule has 0 aliphatic carbocycles. The topological polar surface area (TPSA) is 42.2 Å². The highest BCUT2D eigenvalue weighted by Gasteiger charge is 2.37. The quantitative estimate of drug-likeness (QED) is 0.502. The lowest BCUT2D eigenvalue weighted by Crippen LogP contribution is -2.11. The van der Waals surface area contributed by atoms with Crippen LogP contribution in [0.15, 0.2) is 42.1 Å². The zero-order valence-corrected chi connectivity index (χ0v) is 12.4. The fourth-order valence-corrected chi connectivity index (χ4v) is 2.14. The maximum atomic E-state index is 12.9. The Morgan fingerprint density at radius 3 is 2.04 bits per heavy atom. The van der Waals surface area contributed by atoms with Gasteiger partial charge in [-0.2, -0.15) is 26.3 Å². The van der Waals surface area contributed by atoms with Crippen molar-refractivity contribution in [2.75, 3.05) is 6.61 Å². The molecule has 0 saturated heterocycles.